The Bertz CT molecular complexity index is 289. The Morgan fingerprint density at radius 2 is 1.41 bits per heavy atom. The van der Waals surface area contributed by atoms with Crippen molar-refractivity contribution in [1.82, 2.24) is 5.32 Å². The van der Waals surface area contributed by atoms with Crippen LogP contribution in [0.5, 0.6) is 0 Å². The van der Waals surface area contributed by atoms with Crippen molar-refractivity contribution in [3.63, 3.8) is 0 Å². The lowest BCUT2D eigenvalue weighted by atomic mass is 9.72. The summed E-state index contributed by atoms with van der Waals surface area (Å²) in [5.41, 5.74) is -2.89. The molecule has 0 spiro atoms. The maximum atomic E-state index is 12.8. The van der Waals surface area contributed by atoms with E-state index >= 15 is 0 Å². The van der Waals surface area contributed by atoms with Gasteiger partial charge in [-0.3, -0.25) is 10.1 Å². The quantitative estimate of drug-likeness (QED) is 0.571. The Morgan fingerprint density at radius 1 is 0.941 bits per heavy atom. The molecule has 0 aliphatic heterocycles. The van der Waals surface area contributed by atoms with Crippen molar-refractivity contribution < 1.29 is 31.1 Å². The average molecular weight is 263 g/mol. The summed E-state index contributed by atoms with van der Waals surface area (Å²) in [7, 11) is 0. The van der Waals surface area contributed by atoms with E-state index in [4.69, 9.17) is 0 Å². The highest BCUT2D eigenvalue weighted by atomic mass is 19.4. The highest BCUT2D eigenvalue weighted by Gasteiger charge is 2.61. The topological polar surface area (TPSA) is 29.1 Å². The van der Waals surface area contributed by atoms with Gasteiger partial charge in [-0.2, -0.15) is 26.3 Å². The largest absolute Gasteiger partial charge is 0.484 e. The zero-order valence-corrected chi connectivity index (χ0v) is 8.71. The summed E-state index contributed by atoms with van der Waals surface area (Å²) in [6.07, 6.45) is -10.6. The standard InChI is InChI=1S/C9H11F6NO/c10-8(11,12)7(4-2-1-3-5-7)6(17)16-9(13,14)15/h1-5H2,(H,16,17). The Hall–Kier alpha value is -0.950. The second kappa shape index (κ2) is 4.38. The smallest absolute Gasteiger partial charge is 0.274 e. The summed E-state index contributed by atoms with van der Waals surface area (Å²) in [5.74, 6) is -1.99. The first-order chi connectivity index (χ1) is 7.58. The minimum atomic E-state index is -5.13. The molecule has 0 heterocycles. The minimum Gasteiger partial charge on any atom is -0.274 e. The third-order valence-corrected chi connectivity index (χ3v) is 2.94. The van der Waals surface area contributed by atoms with Crippen molar-refractivity contribution in [1.29, 1.82) is 0 Å². The lowest BCUT2D eigenvalue weighted by molar-refractivity contribution is -0.238. The van der Waals surface area contributed by atoms with Crippen molar-refractivity contribution in [2.45, 2.75) is 44.6 Å². The molecule has 1 rings (SSSR count). The molecular formula is C9H11F6NO. The normalized spacial score (nSPS) is 21.1. The van der Waals surface area contributed by atoms with Gasteiger partial charge in [-0.25, -0.2) is 0 Å². The second-order valence-corrected chi connectivity index (χ2v) is 4.09. The molecule has 2 nitrogen and oxygen atoms in total. The van der Waals surface area contributed by atoms with Gasteiger partial charge in [-0.15, -0.1) is 0 Å². The number of alkyl halides is 6. The predicted molar refractivity (Wildman–Crippen MR) is 45.8 cm³/mol. The molecule has 17 heavy (non-hydrogen) atoms. The molecule has 1 fully saturated rings. The number of nitrogens with one attached hydrogen (secondary N) is 1. The minimum absolute atomic E-state index is 0.102. The second-order valence-electron chi connectivity index (χ2n) is 4.09. The van der Waals surface area contributed by atoms with Gasteiger partial charge in [0.15, 0.2) is 0 Å². The molecule has 1 aliphatic carbocycles. The number of halogens is 6. The summed E-state index contributed by atoms with van der Waals surface area (Å²) in [5, 5.41) is 0.477. The average Bonchev–Trinajstić information content (AvgIpc) is 2.14. The summed E-state index contributed by atoms with van der Waals surface area (Å²) in [6, 6.07) is 0. The van der Waals surface area contributed by atoms with Crippen LogP contribution in [0.4, 0.5) is 26.3 Å². The fraction of sp³-hybridized carbons (Fsp3) is 0.889. The van der Waals surface area contributed by atoms with E-state index in [-0.39, 0.29) is 12.8 Å². The molecule has 1 amide bonds. The van der Waals surface area contributed by atoms with E-state index in [1.807, 2.05) is 0 Å². The van der Waals surface area contributed by atoms with Crippen molar-refractivity contribution >= 4 is 5.91 Å². The fourth-order valence-electron chi connectivity index (χ4n) is 2.04. The lowest BCUT2D eigenvalue weighted by Crippen LogP contribution is -2.55. The predicted octanol–water partition coefficient (Wildman–Crippen LogP) is 3.14. The van der Waals surface area contributed by atoms with Crippen LogP contribution in [0, 0.1) is 5.41 Å². The highest BCUT2D eigenvalue weighted by molar-refractivity contribution is 5.83. The molecule has 1 N–H and O–H groups in total. The molecule has 0 aromatic rings. The number of carbonyl (C=O) groups excluding carboxylic acids is 1. The van der Waals surface area contributed by atoms with Crippen LogP contribution in [0.2, 0.25) is 0 Å². The molecule has 0 atom stereocenters. The van der Waals surface area contributed by atoms with Gasteiger partial charge in [0.25, 0.3) is 0 Å². The van der Waals surface area contributed by atoms with Gasteiger partial charge in [0.1, 0.15) is 5.41 Å². The molecular weight excluding hydrogens is 252 g/mol. The third kappa shape index (κ3) is 3.04. The van der Waals surface area contributed by atoms with Crippen LogP contribution in [0.1, 0.15) is 32.1 Å². The molecule has 1 saturated carbocycles. The van der Waals surface area contributed by atoms with Gasteiger partial charge >= 0.3 is 12.5 Å². The van der Waals surface area contributed by atoms with E-state index in [1.54, 1.807) is 0 Å². The van der Waals surface area contributed by atoms with E-state index in [0.717, 1.165) is 0 Å². The van der Waals surface area contributed by atoms with Gasteiger partial charge in [0.05, 0.1) is 0 Å². The molecule has 8 heteroatoms. The summed E-state index contributed by atoms with van der Waals surface area (Å²) < 4.78 is 74.1. The van der Waals surface area contributed by atoms with Crippen LogP contribution in [0.15, 0.2) is 0 Å². The zero-order valence-electron chi connectivity index (χ0n) is 8.71. The first-order valence-corrected chi connectivity index (χ1v) is 5.05. The van der Waals surface area contributed by atoms with E-state index in [9.17, 15) is 31.1 Å². The SMILES string of the molecule is O=C(NC(F)(F)F)C1(C(F)(F)F)CCCCC1. The maximum absolute atomic E-state index is 12.8. The van der Waals surface area contributed by atoms with Gasteiger partial charge in [0.2, 0.25) is 5.91 Å². The van der Waals surface area contributed by atoms with Gasteiger partial charge < -0.3 is 0 Å². The van der Waals surface area contributed by atoms with Crippen molar-refractivity contribution in [3.05, 3.63) is 0 Å². The van der Waals surface area contributed by atoms with Crippen LogP contribution < -0.4 is 5.32 Å². The van der Waals surface area contributed by atoms with E-state index in [1.165, 1.54) is 0 Å². The van der Waals surface area contributed by atoms with Crippen molar-refractivity contribution in [2.75, 3.05) is 0 Å². The molecule has 100 valence electrons. The summed E-state index contributed by atoms with van der Waals surface area (Å²) >= 11 is 0. The maximum Gasteiger partial charge on any atom is 0.484 e. The van der Waals surface area contributed by atoms with Gasteiger partial charge in [0, 0.05) is 0 Å². The Balaban J connectivity index is 2.95. The van der Waals surface area contributed by atoms with Gasteiger partial charge in [-0.1, -0.05) is 19.3 Å². The molecule has 0 radical (unpaired) electrons. The number of rotatable bonds is 1. The fourth-order valence-corrected chi connectivity index (χ4v) is 2.04. The molecule has 0 saturated heterocycles. The van der Waals surface area contributed by atoms with Crippen molar-refractivity contribution in [3.8, 4) is 0 Å². The van der Waals surface area contributed by atoms with Crippen molar-refractivity contribution in [2.24, 2.45) is 5.41 Å². The molecule has 0 bridgehead atoms. The Kier molecular flexibility index (Phi) is 3.63. The third-order valence-electron chi connectivity index (χ3n) is 2.94. The lowest BCUT2D eigenvalue weighted by Gasteiger charge is -2.37. The summed E-state index contributed by atoms with van der Waals surface area (Å²) in [6.45, 7) is 0. The van der Waals surface area contributed by atoms with Gasteiger partial charge in [-0.05, 0) is 12.8 Å². The first-order valence-electron chi connectivity index (χ1n) is 5.05. The Morgan fingerprint density at radius 3 is 1.76 bits per heavy atom. The number of carbonyl (C=O) groups is 1. The van der Waals surface area contributed by atoms with Crippen LogP contribution in [0.25, 0.3) is 0 Å². The molecule has 0 aromatic carbocycles. The van der Waals surface area contributed by atoms with E-state index < -0.39 is 36.6 Å². The highest BCUT2D eigenvalue weighted by Crippen LogP contribution is 2.49. The zero-order chi connectivity index (χ0) is 13.3. The molecule has 0 aromatic heterocycles. The van der Waals surface area contributed by atoms with Crippen LogP contribution in [-0.2, 0) is 4.79 Å². The van der Waals surface area contributed by atoms with E-state index in [2.05, 4.69) is 0 Å². The monoisotopic (exact) mass is 263 g/mol. The number of hydrogen-bond donors (Lipinski definition) is 1. The molecule has 0 unspecified atom stereocenters. The van der Waals surface area contributed by atoms with E-state index in [0.29, 0.717) is 11.7 Å². The number of amides is 1. The number of hydrogen-bond acceptors (Lipinski definition) is 1. The molecule has 1 aliphatic rings. The first kappa shape index (κ1) is 14.1. The Labute approximate surface area is 93.4 Å². The van der Waals surface area contributed by atoms with Crippen LogP contribution in [-0.4, -0.2) is 18.4 Å². The van der Waals surface area contributed by atoms with Crippen LogP contribution >= 0.6 is 0 Å². The van der Waals surface area contributed by atoms with Crippen LogP contribution in [0.3, 0.4) is 0 Å². The summed E-state index contributed by atoms with van der Waals surface area (Å²) in [4.78, 5) is 11.2.